The van der Waals surface area contributed by atoms with Crippen LogP contribution in [-0.4, -0.2) is 31.8 Å². The molecule has 5 rings (SSSR count). The monoisotopic (exact) mass is 370 g/mol. The Bertz CT molecular complexity index is 1090. The number of H-pyrrole nitrogens is 1. The molecule has 0 bridgehead atoms. The first-order valence-corrected chi connectivity index (χ1v) is 9.18. The minimum absolute atomic E-state index is 0.545. The Balaban J connectivity index is 1.37. The number of fused-ring (bicyclic) bond motifs is 1. The Hall–Kier alpha value is -3.74. The van der Waals surface area contributed by atoms with Crippen LogP contribution in [0.4, 0.5) is 11.6 Å². The van der Waals surface area contributed by atoms with Crippen LogP contribution in [0.2, 0.25) is 0 Å². The highest BCUT2D eigenvalue weighted by Gasteiger charge is 2.12. The molecule has 0 unspecified atom stereocenters. The van der Waals surface area contributed by atoms with Crippen molar-refractivity contribution in [3.8, 4) is 28.4 Å². The van der Waals surface area contributed by atoms with Gasteiger partial charge in [-0.3, -0.25) is 0 Å². The highest BCUT2D eigenvalue weighted by Crippen LogP contribution is 2.30. The predicted octanol–water partition coefficient (Wildman–Crippen LogP) is 4.00. The third-order valence-electron chi connectivity index (χ3n) is 4.70. The quantitative estimate of drug-likeness (QED) is 0.564. The summed E-state index contributed by atoms with van der Waals surface area (Å²) in [6, 6.07) is 16.0. The Morgan fingerprint density at radius 3 is 2.75 bits per heavy atom. The van der Waals surface area contributed by atoms with E-state index in [2.05, 4.69) is 48.7 Å². The second-order valence-corrected chi connectivity index (χ2v) is 6.58. The molecule has 138 valence electrons. The molecule has 0 atom stereocenters. The van der Waals surface area contributed by atoms with E-state index < -0.39 is 0 Å². The maximum Gasteiger partial charge on any atom is 0.227 e. The first-order chi connectivity index (χ1) is 13.8. The van der Waals surface area contributed by atoms with E-state index in [1.54, 1.807) is 12.5 Å². The van der Waals surface area contributed by atoms with Crippen LogP contribution < -0.4 is 10.1 Å². The van der Waals surface area contributed by atoms with E-state index in [0.717, 1.165) is 53.5 Å². The normalized spacial score (nSPS) is 12.9. The fourth-order valence-corrected chi connectivity index (χ4v) is 3.27. The van der Waals surface area contributed by atoms with E-state index in [0.29, 0.717) is 5.95 Å². The number of hydrogen-bond donors (Lipinski definition) is 2. The summed E-state index contributed by atoms with van der Waals surface area (Å²) in [6.45, 7) is 0.775. The molecule has 7 heteroatoms. The third kappa shape index (κ3) is 3.29. The van der Waals surface area contributed by atoms with Gasteiger partial charge in [-0.05, 0) is 54.8 Å². The second-order valence-electron chi connectivity index (χ2n) is 6.58. The van der Waals surface area contributed by atoms with Crippen molar-refractivity contribution in [3.05, 3.63) is 66.6 Å². The molecule has 2 aromatic heterocycles. The number of nitrogens with zero attached hydrogens (tertiary/aromatic N) is 4. The van der Waals surface area contributed by atoms with Gasteiger partial charge in [0, 0.05) is 23.0 Å². The summed E-state index contributed by atoms with van der Waals surface area (Å²) in [4.78, 5) is 12.0. The van der Waals surface area contributed by atoms with Crippen LogP contribution >= 0.6 is 0 Å². The summed E-state index contributed by atoms with van der Waals surface area (Å²) in [6.07, 6.45) is 5.46. The van der Waals surface area contributed by atoms with E-state index in [9.17, 15) is 0 Å². The van der Waals surface area contributed by atoms with Crippen molar-refractivity contribution < 1.29 is 4.74 Å². The Labute approximate surface area is 161 Å². The van der Waals surface area contributed by atoms with Gasteiger partial charge < -0.3 is 15.0 Å². The summed E-state index contributed by atoms with van der Waals surface area (Å²) >= 11 is 0. The van der Waals surface area contributed by atoms with Gasteiger partial charge >= 0.3 is 0 Å². The van der Waals surface area contributed by atoms with Gasteiger partial charge in [-0.1, -0.05) is 12.1 Å². The number of rotatable bonds is 4. The van der Waals surface area contributed by atoms with Gasteiger partial charge in [0.2, 0.25) is 5.95 Å². The van der Waals surface area contributed by atoms with Crippen LogP contribution in [0.25, 0.3) is 22.6 Å². The van der Waals surface area contributed by atoms with Crippen molar-refractivity contribution in [2.24, 2.45) is 0 Å². The Kier molecular flexibility index (Phi) is 4.17. The van der Waals surface area contributed by atoms with Crippen LogP contribution in [-0.2, 0) is 6.42 Å². The predicted molar refractivity (Wildman–Crippen MR) is 106 cm³/mol. The lowest BCUT2D eigenvalue weighted by Crippen LogP contribution is -2.08. The highest BCUT2D eigenvalue weighted by atomic mass is 16.5. The molecule has 1 aliphatic rings. The van der Waals surface area contributed by atoms with Crippen LogP contribution in [0.1, 0.15) is 12.0 Å². The summed E-state index contributed by atoms with van der Waals surface area (Å²) in [5.74, 6) is 2.24. The van der Waals surface area contributed by atoms with E-state index in [1.165, 1.54) is 5.56 Å². The van der Waals surface area contributed by atoms with Gasteiger partial charge in [0.1, 0.15) is 12.1 Å². The van der Waals surface area contributed by atoms with Gasteiger partial charge in [-0.25, -0.2) is 9.97 Å². The minimum Gasteiger partial charge on any atom is -0.493 e. The molecule has 0 aliphatic carbocycles. The Morgan fingerprint density at radius 2 is 1.89 bits per heavy atom. The van der Waals surface area contributed by atoms with E-state index in [-0.39, 0.29) is 0 Å². The smallest absolute Gasteiger partial charge is 0.227 e. The minimum atomic E-state index is 0.545. The number of aryl methyl sites for hydroxylation is 1. The number of hydrogen-bond acceptors (Lipinski definition) is 6. The van der Waals surface area contributed by atoms with Crippen molar-refractivity contribution in [1.82, 2.24) is 25.1 Å². The van der Waals surface area contributed by atoms with E-state index in [1.807, 2.05) is 30.3 Å². The summed E-state index contributed by atoms with van der Waals surface area (Å²) < 4.78 is 5.78. The number of anilines is 2. The van der Waals surface area contributed by atoms with Gasteiger partial charge in [0.25, 0.3) is 0 Å². The SMILES string of the molecule is c1cc(-c2ccc3c(c2)OCCC3)nc(Nc2ccc(-c3nnc[nH]3)cc2)n1. The highest BCUT2D eigenvalue weighted by molar-refractivity contribution is 5.66. The number of nitrogens with one attached hydrogen (secondary N) is 2. The lowest BCUT2D eigenvalue weighted by molar-refractivity contribution is 0.288. The average molecular weight is 370 g/mol. The van der Waals surface area contributed by atoms with Crippen LogP contribution in [0, 0.1) is 0 Å². The number of aromatic nitrogens is 5. The fourth-order valence-electron chi connectivity index (χ4n) is 3.27. The fraction of sp³-hybridized carbons (Fsp3) is 0.143. The maximum absolute atomic E-state index is 5.78. The molecule has 28 heavy (non-hydrogen) atoms. The number of ether oxygens (including phenoxy) is 1. The molecule has 0 saturated heterocycles. The number of benzene rings is 2. The maximum atomic E-state index is 5.78. The van der Waals surface area contributed by atoms with Crippen molar-refractivity contribution in [1.29, 1.82) is 0 Å². The largest absolute Gasteiger partial charge is 0.493 e. The van der Waals surface area contributed by atoms with E-state index in [4.69, 9.17) is 4.74 Å². The van der Waals surface area contributed by atoms with Crippen molar-refractivity contribution >= 4 is 11.6 Å². The van der Waals surface area contributed by atoms with Crippen molar-refractivity contribution in [2.75, 3.05) is 11.9 Å². The third-order valence-corrected chi connectivity index (χ3v) is 4.70. The molecule has 0 amide bonds. The second kappa shape index (κ2) is 7.11. The zero-order valence-corrected chi connectivity index (χ0v) is 15.1. The molecule has 2 aromatic carbocycles. The molecule has 0 saturated carbocycles. The Morgan fingerprint density at radius 1 is 1.00 bits per heavy atom. The van der Waals surface area contributed by atoms with Crippen molar-refractivity contribution in [3.63, 3.8) is 0 Å². The molecule has 7 nitrogen and oxygen atoms in total. The first-order valence-electron chi connectivity index (χ1n) is 9.18. The van der Waals surface area contributed by atoms with Crippen LogP contribution in [0.3, 0.4) is 0 Å². The molecular formula is C21H18N6O. The zero-order valence-electron chi connectivity index (χ0n) is 15.1. The van der Waals surface area contributed by atoms with Gasteiger partial charge in [0.15, 0.2) is 5.82 Å². The summed E-state index contributed by atoms with van der Waals surface area (Å²) in [7, 11) is 0. The molecule has 0 radical (unpaired) electrons. The van der Waals surface area contributed by atoms with Gasteiger partial charge in [0.05, 0.1) is 12.3 Å². The lowest BCUT2D eigenvalue weighted by atomic mass is 10.0. The van der Waals surface area contributed by atoms with Crippen LogP contribution in [0.5, 0.6) is 5.75 Å². The molecular weight excluding hydrogens is 352 g/mol. The van der Waals surface area contributed by atoms with Gasteiger partial charge in [-0.15, -0.1) is 10.2 Å². The van der Waals surface area contributed by atoms with Gasteiger partial charge in [-0.2, -0.15) is 0 Å². The van der Waals surface area contributed by atoms with Crippen molar-refractivity contribution in [2.45, 2.75) is 12.8 Å². The molecule has 3 heterocycles. The molecule has 0 fully saturated rings. The summed E-state index contributed by atoms with van der Waals surface area (Å²) in [5.41, 5.74) is 5.00. The molecule has 4 aromatic rings. The molecule has 0 spiro atoms. The average Bonchev–Trinajstić information content (AvgIpc) is 3.29. The number of aromatic amines is 1. The van der Waals surface area contributed by atoms with Crippen LogP contribution in [0.15, 0.2) is 61.1 Å². The topological polar surface area (TPSA) is 88.6 Å². The summed E-state index contributed by atoms with van der Waals surface area (Å²) in [5, 5.41) is 11.1. The molecule has 1 aliphatic heterocycles. The molecule has 2 N–H and O–H groups in total. The van der Waals surface area contributed by atoms with E-state index >= 15 is 0 Å². The first kappa shape index (κ1) is 16.4. The standard InChI is InChI=1S/C21H18N6O/c1-2-14-3-4-16(12-19(14)28-11-1)18-9-10-22-21(26-18)25-17-7-5-15(6-8-17)20-23-13-24-27-20/h3-10,12-13H,1-2,11H2,(H,22,25,26)(H,23,24,27). The lowest BCUT2D eigenvalue weighted by Gasteiger charge is -2.17. The zero-order chi connectivity index (χ0) is 18.8.